The molecular weight excluding hydrogens is 389 g/mol. The number of hydrogen-bond acceptors (Lipinski definition) is 5. The number of halogens is 2. The van der Waals surface area contributed by atoms with Gasteiger partial charge >= 0.3 is 0 Å². The minimum Gasteiger partial charge on any atom is -0.378 e. The summed E-state index contributed by atoms with van der Waals surface area (Å²) >= 11 is 0. The molecule has 1 aliphatic carbocycles. The molecule has 0 radical (unpaired) electrons. The van der Waals surface area contributed by atoms with E-state index >= 15 is 0 Å². The molecule has 2 fully saturated rings. The molecule has 6 nitrogen and oxygen atoms in total. The molecule has 0 bridgehead atoms. The highest BCUT2D eigenvalue weighted by Gasteiger charge is 2.63. The van der Waals surface area contributed by atoms with Gasteiger partial charge < -0.3 is 25.4 Å². The van der Waals surface area contributed by atoms with Crippen LogP contribution in [-0.4, -0.2) is 67.4 Å². The van der Waals surface area contributed by atoms with Crippen LogP contribution in [0.4, 0.5) is 0 Å². The number of carbonyl (C=O) groups excluding carboxylic acids is 1. The molecule has 2 aliphatic rings. The number of hydrogen-bond donors (Lipinski definition) is 2. The van der Waals surface area contributed by atoms with Crippen LogP contribution in [0.25, 0.3) is 0 Å². The number of nitrogens with two attached hydrogens (primary N) is 1. The molecule has 27 heavy (non-hydrogen) atoms. The first kappa shape index (κ1) is 26.9. The van der Waals surface area contributed by atoms with Crippen molar-refractivity contribution < 1.29 is 14.3 Å². The number of ether oxygens (including phenoxy) is 2. The third kappa shape index (κ3) is 6.18. The zero-order chi connectivity index (χ0) is 18.7. The van der Waals surface area contributed by atoms with Crippen LogP contribution < -0.4 is 11.1 Å². The van der Waals surface area contributed by atoms with Gasteiger partial charge in [-0.25, -0.2) is 0 Å². The average molecular weight is 428 g/mol. The maximum absolute atomic E-state index is 12.8. The summed E-state index contributed by atoms with van der Waals surface area (Å²) in [5, 5.41) is 3.20. The molecule has 0 aromatic carbocycles. The van der Waals surface area contributed by atoms with E-state index in [9.17, 15) is 4.79 Å². The van der Waals surface area contributed by atoms with Gasteiger partial charge in [0.1, 0.15) is 5.54 Å². The first-order valence-electron chi connectivity index (χ1n) is 9.76. The summed E-state index contributed by atoms with van der Waals surface area (Å²) in [5.74, 6) is -0.0185. The summed E-state index contributed by atoms with van der Waals surface area (Å²) in [4.78, 5) is 15.2. The minimum atomic E-state index is -0.824. The Balaban J connectivity index is 0.00000338. The Labute approximate surface area is 177 Å². The van der Waals surface area contributed by atoms with Crippen molar-refractivity contribution >= 4 is 30.7 Å². The smallest absolute Gasteiger partial charge is 0.241 e. The van der Waals surface area contributed by atoms with Crippen LogP contribution >= 0.6 is 24.8 Å². The monoisotopic (exact) mass is 427 g/mol. The SMILES string of the molecule is CCOC1CC(N)(C(=O)NC2CCN(CCOC(C)C)CC2)C1(C)C.Cl.Cl. The molecule has 1 heterocycles. The van der Waals surface area contributed by atoms with Crippen LogP contribution in [-0.2, 0) is 14.3 Å². The van der Waals surface area contributed by atoms with Crippen LogP contribution in [0.3, 0.4) is 0 Å². The largest absolute Gasteiger partial charge is 0.378 e. The first-order chi connectivity index (χ1) is 11.7. The highest BCUT2D eigenvalue weighted by atomic mass is 35.5. The molecule has 1 saturated carbocycles. The van der Waals surface area contributed by atoms with Gasteiger partial charge in [-0.05, 0) is 33.6 Å². The van der Waals surface area contributed by atoms with Crippen LogP contribution in [0.1, 0.15) is 53.9 Å². The van der Waals surface area contributed by atoms with Crippen molar-refractivity contribution in [3.63, 3.8) is 0 Å². The van der Waals surface area contributed by atoms with Gasteiger partial charge in [-0.1, -0.05) is 13.8 Å². The number of nitrogens with one attached hydrogen (secondary N) is 1. The number of nitrogens with zero attached hydrogens (tertiary/aromatic N) is 1. The van der Waals surface area contributed by atoms with Crippen molar-refractivity contribution in [3.8, 4) is 0 Å². The van der Waals surface area contributed by atoms with Gasteiger partial charge in [0.2, 0.25) is 5.91 Å². The van der Waals surface area contributed by atoms with Crippen molar-refractivity contribution in [3.05, 3.63) is 0 Å². The number of piperidine rings is 1. The van der Waals surface area contributed by atoms with Crippen LogP contribution in [0.5, 0.6) is 0 Å². The molecule has 162 valence electrons. The summed E-state index contributed by atoms with van der Waals surface area (Å²) < 4.78 is 11.3. The number of amides is 1. The van der Waals surface area contributed by atoms with Gasteiger partial charge in [0, 0.05) is 44.1 Å². The molecular formula is C19H39Cl2N3O3. The van der Waals surface area contributed by atoms with Gasteiger partial charge in [0.25, 0.3) is 0 Å². The Morgan fingerprint density at radius 2 is 1.85 bits per heavy atom. The summed E-state index contributed by atoms with van der Waals surface area (Å²) in [5.41, 5.74) is 5.31. The minimum absolute atomic E-state index is 0. The van der Waals surface area contributed by atoms with E-state index in [1.807, 2.05) is 20.8 Å². The molecule has 1 amide bonds. The van der Waals surface area contributed by atoms with E-state index in [1.54, 1.807) is 0 Å². The quantitative estimate of drug-likeness (QED) is 0.621. The summed E-state index contributed by atoms with van der Waals surface area (Å²) in [6, 6.07) is 0.220. The Kier molecular flexibility index (Phi) is 11.1. The second kappa shape index (κ2) is 11.2. The summed E-state index contributed by atoms with van der Waals surface area (Å²) in [7, 11) is 0. The third-order valence-electron chi connectivity index (χ3n) is 6.02. The zero-order valence-electron chi connectivity index (χ0n) is 17.5. The first-order valence-corrected chi connectivity index (χ1v) is 9.76. The molecule has 2 unspecified atom stereocenters. The van der Waals surface area contributed by atoms with E-state index in [2.05, 4.69) is 24.1 Å². The lowest BCUT2D eigenvalue weighted by Gasteiger charge is -2.57. The fourth-order valence-corrected chi connectivity index (χ4v) is 3.85. The lowest BCUT2D eigenvalue weighted by Crippen LogP contribution is -2.76. The average Bonchev–Trinajstić information content (AvgIpc) is 2.55. The number of rotatable bonds is 8. The number of likely N-dealkylation sites (tertiary alicyclic amines) is 1. The second-order valence-electron chi connectivity index (χ2n) is 8.35. The van der Waals surface area contributed by atoms with Crippen LogP contribution in [0.2, 0.25) is 0 Å². The second-order valence-corrected chi connectivity index (χ2v) is 8.35. The van der Waals surface area contributed by atoms with Gasteiger partial charge in [0.05, 0.1) is 18.8 Å². The van der Waals surface area contributed by atoms with Crippen molar-refractivity contribution in [2.45, 2.75) is 77.7 Å². The normalized spacial score (nSPS) is 28.0. The van der Waals surface area contributed by atoms with E-state index in [0.717, 1.165) is 39.1 Å². The van der Waals surface area contributed by atoms with E-state index < -0.39 is 5.54 Å². The molecule has 1 aliphatic heterocycles. The van der Waals surface area contributed by atoms with Gasteiger partial charge in [-0.3, -0.25) is 4.79 Å². The topological polar surface area (TPSA) is 76.8 Å². The maximum Gasteiger partial charge on any atom is 0.241 e. The molecule has 3 N–H and O–H groups in total. The standard InChI is InChI=1S/C19H37N3O3.2ClH/c1-6-24-16-13-19(20,18(16,4)5)17(23)21-15-7-9-22(10-8-15)11-12-25-14(2)3;;/h14-16H,6-13,20H2,1-5H3,(H,21,23);2*1H. The van der Waals surface area contributed by atoms with Gasteiger partial charge in [-0.2, -0.15) is 0 Å². The molecule has 8 heteroatoms. The molecule has 1 saturated heterocycles. The van der Waals surface area contributed by atoms with E-state index in [0.29, 0.717) is 13.0 Å². The lowest BCUT2D eigenvalue weighted by atomic mass is 9.54. The predicted octanol–water partition coefficient (Wildman–Crippen LogP) is 2.37. The van der Waals surface area contributed by atoms with Crippen molar-refractivity contribution in [1.82, 2.24) is 10.2 Å². The van der Waals surface area contributed by atoms with Crippen molar-refractivity contribution in [1.29, 1.82) is 0 Å². The fourth-order valence-electron chi connectivity index (χ4n) is 3.85. The lowest BCUT2D eigenvalue weighted by molar-refractivity contribution is -0.171. The maximum atomic E-state index is 12.8. The summed E-state index contributed by atoms with van der Waals surface area (Å²) in [6.45, 7) is 14.5. The Morgan fingerprint density at radius 3 is 2.33 bits per heavy atom. The van der Waals surface area contributed by atoms with Crippen molar-refractivity contribution in [2.24, 2.45) is 11.1 Å². The van der Waals surface area contributed by atoms with Gasteiger partial charge in [0.15, 0.2) is 0 Å². The van der Waals surface area contributed by atoms with Crippen molar-refractivity contribution in [2.75, 3.05) is 32.8 Å². The fraction of sp³-hybridized carbons (Fsp3) is 0.947. The predicted molar refractivity (Wildman–Crippen MR) is 114 cm³/mol. The molecule has 2 atom stereocenters. The van der Waals surface area contributed by atoms with E-state index in [-0.39, 0.29) is 54.4 Å². The van der Waals surface area contributed by atoms with E-state index in [4.69, 9.17) is 15.2 Å². The zero-order valence-corrected chi connectivity index (χ0v) is 19.1. The number of carbonyl (C=O) groups is 1. The summed E-state index contributed by atoms with van der Waals surface area (Å²) in [6.07, 6.45) is 2.89. The van der Waals surface area contributed by atoms with Crippen LogP contribution in [0, 0.1) is 5.41 Å². The van der Waals surface area contributed by atoms with Crippen LogP contribution in [0.15, 0.2) is 0 Å². The Hall–Kier alpha value is -0.110. The highest BCUT2D eigenvalue weighted by molar-refractivity contribution is 5.89. The molecule has 0 spiro atoms. The third-order valence-corrected chi connectivity index (χ3v) is 6.02. The Morgan fingerprint density at radius 1 is 1.26 bits per heavy atom. The van der Waals surface area contributed by atoms with Gasteiger partial charge in [-0.15, -0.1) is 24.8 Å². The molecule has 2 rings (SSSR count). The van der Waals surface area contributed by atoms with E-state index in [1.165, 1.54) is 0 Å². The highest BCUT2D eigenvalue weighted by Crippen LogP contribution is 2.49. The molecule has 0 aromatic heterocycles. The Bertz CT molecular complexity index is 457. The molecule has 0 aromatic rings.